The first kappa shape index (κ1) is 18.7. The van der Waals surface area contributed by atoms with Crippen LogP contribution in [0, 0.1) is 11.3 Å². The maximum atomic E-state index is 11.4. The van der Waals surface area contributed by atoms with E-state index in [0.717, 1.165) is 24.8 Å². The maximum absolute atomic E-state index is 11.4. The predicted molar refractivity (Wildman–Crippen MR) is 97.4 cm³/mol. The van der Waals surface area contributed by atoms with Crippen molar-refractivity contribution in [3.8, 4) is 0 Å². The van der Waals surface area contributed by atoms with Crippen LogP contribution in [0.1, 0.15) is 44.3 Å². The van der Waals surface area contributed by atoms with Crippen LogP contribution in [0.3, 0.4) is 0 Å². The zero-order chi connectivity index (χ0) is 18.7. The Hall–Kier alpha value is -2.11. The average Bonchev–Trinajstić information content (AvgIpc) is 3.13. The van der Waals surface area contributed by atoms with Gasteiger partial charge in [-0.3, -0.25) is 0 Å². The monoisotopic (exact) mass is 358 g/mol. The number of carboxylic acids is 1. The highest BCUT2D eigenvalue weighted by atomic mass is 16.7. The van der Waals surface area contributed by atoms with Gasteiger partial charge in [-0.25, -0.2) is 4.79 Å². The van der Waals surface area contributed by atoms with Gasteiger partial charge in [0.05, 0.1) is 24.2 Å². The second-order valence-corrected chi connectivity index (χ2v) is 7.41. The Morgan fingerprint density at radius 2 is 2.27 bits per heavy atom. The Bertz CT molecular complexity index is 715. The van der Waals surface area contributed by atoms with Crippen molar-refractivity contribution in [2.24, 2.45) is 11.3 Å². The molecule has 0 amide bonds. The molecule has 4 atom stereocenters. The molecule has 1 N–H and O–H groups in total. The third-order valence-corrected chi connectivity index (χ3v) is 5.67. The summed E-state index contributed by atoms with van der Waals surface area (Å²) in [6.45, 7) is 6.24. The van der Waals surface area contributed by atoms with E-state index in [1.54, 1.807) is 25.7 Å². The molecule has 0 radical (unpaired) electrons. The van der Waals surface area contributed by atoms with E-state index in [-0.39, 0.29) is 29.3 Å². The molecule has 0 aromatic carbocycles. The topological polar surface area (TPSA) is 68.9 Å². The standard InChI is InChI=1S/C21H26O5/c1-14-7-8-17-20(24-3)26-18(15-9-11-25-13-15)12-21(17,2)10-5-4-6-16(14)19(22)23/h4-6,9,11,13,17-18,20H,1,7-8,10,12H2,2-3H3,(H,22,23)/b5-4-,16-6?/t17-,18-,20-,21-/m0/s1. The number of methoxy groups -OCH3 is 1. The highest BCUT2D eigenvalue weighted by Crippen LogP contribution is 2.51. The van der Waals surface area contributed by atoms with Crippen molar-refractivity contribution >= 4 is 5.97 Å². The summed E-state index contributed by atoms with van der Waals surface area (Å²) in [4.78, 5) is 11.4. The van der Waals surface area contributed by atoms with Gasteiger partial charge in [0.25, 0.3) is 0 Å². The molecule has 140 valence electrons. The highest BCUT2D eigenvalue weighted by Gasteiger charge is 2.46. The van der Waals surface area contributed by atoms with E-state index < -0.39 is 5.97 Å². The molecule has 1 aromatic rings. The Labute approximate surface area is 154 Å². The summed E-state index contributed by atoms with van der Waals surface area (Å²) < 4.78 is 17.1. The van der Waals surface area contributed by atoms with E-state index in [1.165, 1.54) is 0 Å². The third-order valence-electron chi connectivity index (χ3n) is 5.67. The summed E-state index contributed by atoms with van der Waals surface area (Å²) in [5, 5.41) is 9.39. The number of furan rings is 1. The van der Waals surface area contributed by atoms with Crippen LogP contribution in [-0.4, -0.2) is 24.5 Å². The summed E-state index contributed by atoms with van der Waals surface area (Å²) in [6, 6.07) is 1.93. The van der Waals surface area contributed by atoms with Gasteiger partial charge in [0, 0.05) is 18.6 Å². The fourth-order valence-electron chi connectivity index (χ4n) is 4.11. The van der Waals surface area contributed by atoms with E-state index in [9.17, 15) is 9.90 Å². The maximum Gasteiger partial charge on any atom is 0.335 e. The Balaban J connectivity index is 1.91. The smallest absolute Gasteiger partial charge is 0.335 e. The van der Waals surface area contributed by atoms with E-state index >= 15 is 0 Å². The summed E-state index contributed by atoms with van der Waals surface area (Å²) >= 11 is 0. The zero-order valence-electron chi connectivity index (χ0n) is 15.3. The molecule has 0 unspecified atom stereocenters. The molecule has 1 aromatic heterocycles. The van der Waals surface area contributed by atoms with Crippen molar-refractivity contribution in [3.05, 3.63) is 60.1 Å². The minimum absolute atomic E-state index is 0.0355. The molecule has 2 heterocycles. The number of hydrogen-bond acceptors (Lipinski definition) is 4. The van der Waals surface area contributed by atoms with Crippen LogP contribution >= 0.6 is 0 Å². The molecular formula is C21H26O5. The molecule has 26 heavy (non-hydrogen) atoms. The van der Waals surface area contributed by atoms with Gasteiger partial charge in [-0.05, 0) is 48.8 Å². The van der Waals surface area contributed by atoms with Gasteiger partial charge >= 0.3 is 5.97 Å². The van der Waals surface area contributed by atoms with E-state index in [2.05, 4.69) is 13.5 Å². The normalized spacial score (nSPS) is 33.8. The number of ether oxygens (including phenoxy) is 2. The van der Waals surface area contributed by atoms with Crippen molar-refractivity contribution in [3.63, 3.8) is 0 Å². The van der Waals surface area contributed by atoms with Crippen LogP contribution in [0.2, 0.25) is 0 Å². The first-order valence-electron chi connectivity index (χ1n) is 8.93. The van der Waals surface area contributed by atoms with Gasteiger partial charge in [0.15, 0.2) is 6.29 Å². The zero-order valence-corrected chi connectivity index (χ0v) is 15.3. The van der Waals surface area contributed by atoms with Crippen molar-refractivity contribution in [2.45, 2.75) is 45.0 Å². The second kappa shape index (κ2) is 7.64. The number of carboxylic acid groups (broad SMARTS) is 1. The quantitative estimate of drug-likeness (QED) is 0.852. The van der Waals surface area contributed by atoms with Gasteiger partial charge < -0.3 is 19.0 Å². The Morgan fingerprint density at radius 1 is 1.46 bits per heavy atom. The average molecular weight is 358 g/mol. The van der Waals surface area contributed by atoms with Gasteiger partial charge in [-0.15, -0.1) is 0 Å². The summed E-state index contributed by atoms with van der Waals surface area (Å²) in [6.07, 6.45) is 11.5. The van der Waals surface area contributed by atoms with Crippen molar-refractivity contribution in [1.29, 1.82) is 0 Å². The van der Waals surface area contributed by atoms with E-state index in [1.807, 2.05) is 18.2 Å². The first-order chi connectivity index (χ1) is 12.4. The molecular weight excluding hydrogens is 332 g/mol. The number of rotatable bonds is 3. The molecule has 0 bridgehead atoms. The van der Waals surface area contributed by atoms with Crippen LogP contribution in [0.25, 0.3) is 0 Å². The van der Waals surface area contributed by atoms with Crippen molar-refractivity contribution in [1.82, 2.24) is 0 Å². The van der Waals surface area contributed by atoms with Gasteiger partial charge in [-0.2, -0.15) is 0 Å². The van der Waals surface area contributed by atoms with Crippen LogP contribution in [0.4, 0.5) is 0 Å². The van der Waals surface area contributed by atoms with Crippen LogP contribution in [-0.2, 0) is 14.3 Å². The van der Waals surface area contributed by atoms with Crippen molar-refractivity contribution < 1.29 is 23.8 Å². The Morgan fingerprint density at radius 3 is 2.92 bits per heavy atom. The Kier molecular flexibility index (Phi) is 5.49. The molecule has 3 rings (SSSR count). The third kappa shape index (κ3) is 3.69. The first-order valence-corrected chi connectivity index (χ1v) is 8.93. The molecule has 5 heteroatoms. The largest absolute Gasteiger partial charge is 0.478 e. The summed E-state index contributed by atoms with van der Waals surface area (Å²) in [5.41, 5.74) is 1.89. The molecule has 0 spiro atoms. The molecule has 2 aliphatic rings. The van der Waals surface area contributed by atoms with Crippen LogP contribution < -0.4 is 0 Å². The van der Waals surface area contributed by atoms with Gasteiger partial charge in [-0.1, -0.05) is 25.7 Å². The number of hydrogen-bond donors (Lipinski definition) is 1. The summed E-state index contributed by atoms with van der Waals surface area (Å²) in [5.74, 6) is -0.795. The lowest BCUT2D eigenvalue weighted by Gasteiger charge is -2.48. The molecule has 0 saturated carbocycles. The van der Waals surface area contributed by atoms with Gasteiger partial charge in [0.2, 0.25) is 0 Å². The number of allylic oxidation sites excluding steroid dienone is 3. The molecule has 1 fully saturated rings. The number of aliphatic carboxylic acids is 1. The molecule has 1 aliphatic heterocycles. The van der Waals surface area contributed by atoms with E-state index in [4.69, 9.17) is 13.9 Å². The fraction of sp³-hybridized carbons (Fsp3) is 0.476. The van der Waals surface area contributed by atoms with Crippen LogP contribution in [0.15, 0.2) is 59.0 Å². The van der Waals surface area contributed by atoms with E-state index in [0.29, 0.717) is 12.0 Å². The van der Waals surface area contributed by atoms with Crippen molar-refractivity contribution in [2.75, 3.05) is 7.11 Å². The number of carbonyl (C=O) groups is 1. The summed E-state index contributed by atoms with van der Waals surface area (Å²) in [7, 11) is 1.66. The van der Waals surface area contributed by atoms with Crippen LogP contribution in [0.5, 0.6) is 0 Å². The lowest BCUT2D eigenvalue weighted by atomic mass is 9.66. The van der Waals surface area contributed by atoms with Gasteiger partial charge in [0.1, 0.15) is 0 Å². The molecule has 1 saturated heterocycles. The minimum Gasteiger partial charge on any atom is -0.478 e. The molecule has 1 aliphatic carbocycles. The predicted octanol–water partition coefficient (Wildman–Crippen LogP) is 4.64. The lowest BCUT2D eigenvalue weighted by Crippen LogP contribution is -2.45. The highest BCUT2D eigenvalue weighted by molar-refractivity contribution is 5.91. The molecule has 5 nitrogen and oxygen atoms in total. The minimum atomic E-state index is -0.939. The number of fused-ring (bicyclic) bond motifs is 1. The second-order valence-electron chi connectivity index (χ2n) is 7.41. The lowest BCUT2D eigenvalue weighted by molar-refractivity contribution is -0.249. The SMILES string of the molecule is C=C1CC[C@H]2[C@@H](OC)O[C@H](c3ccoc3)C[C@]2(C)C/C=C\C=C1C(=O)O. The fourth-order valence-corrected chi connectivity index (χ4v) is 4.11.